The van der Waals surface area contributed by atoms with Crippen LogP contribution in [0.15, 0.2) is 12.4 Å². The van der Waals surface area contributed by atoms with Gasteiger partial charge < -0.3 is 0 Å². The quantitative estimate of drug-likeness (QED) is 0.173. The van der Waals surface area contributed by atoms with Crippen molar-refractivity contribution >= 4 is 0 Å². The van der Waals surface area contributed by atoms with Gasteiger partial charge in [-0.05, 0) is 32.1 Å². The van der Waals surface area contributed by atoms with E-state index in [2.05, 4.69) is 42.3 Å². The molecule has 2 heteroatoms. The van der Waals surface area contributed by atoms with Crippen LogP contribution in [-0.4, -0.2) is 4.57 Å². The Kier molecular flexibility index (Phi) is 15.6. The molecule has 0 radical (unpaired) electrons. The third-order valence-corrected chi connectivity index (χ3v) is 5.85. The van der Waals surface area contributed by atoms with E-state index in [1.54, 1.807) is 5.82 Å². The standard InChI is InChI=1S/C25H49N2/c1-4-7-10-13-15-17-20-25-26(21-18-12-9-6-3)23-24-27(25)22-19-16-14-11-8-5-2/h23-24H,4-22H2,1-3H3/q+1. The Bertz CT molecular complexity index is 436. The average molecular weight is 378 g/mol. The summed E-state index contributed by atoms with van der Waals surface area (Å²) >= 11 is 0. The SMILES string of the molecule is CCCCCCCCc1n(CCCCCCCC)cc[n+]1CCCCCC. The van der Waals surface area contributed by atoms with Crippen LogP contribution in [0.25, 0.3) is 0 Å². The highest BCUT2D eigenvalue weighted by atomic mass is 15.1. The fourth-order valence-electron chi connectivity index (χ4n) is 4.03. The van der Waals surface area contributed by atoms with Gasteiger partial charge in [-0.2, -0.15) is 0 Å². The monoisotopic (exact) mass is 377 g/mol. The zero-order valence-electron chi connectivity index (χ0n) is 19.0. The smallest absolute Gasteiger partial charge is 0.234 e. The third-order valence-electron chi connectivity index (χ3n) is 5.85. The normalized spacial score (nSPS) is 11.4. The molecule has 0 atom stereocenters. The van der Waals surface area contributed by atoms with Gasteiger partial charge in [-0.1, -0.05) is 91.4 Å². The summed E-state index contributed by atoms with van der Waals surface area (Å²) < 4.78 is 5.14. The highest BCUT2D eigenvalue weighted by Crippen LogP contribution is 2.11. The second-order valence-electron chi connectivity index (χ2n) is 8.45. The summed E-state index contributed by atoms with van der Waals surface area (Å²) in [6, 6.07) is 0. The maximum atomic E-state index is 2.58. The summed E-state index contributed by atoms with van der Waals surface area (Å²) in [5, 5.41) is 0. The minimum atomic E-state index is 1.22. The van der Waals surface area contributed by atoms with Crippen molar-refractivity contribution in [1.29, 1.82) is 0 Å². The number of hydrogen-bond donors (Lipinski definition) is 0. The summed E-state index contributed by atoms with van der Waals surface area (Å²) in [5.41, 5.74) is 0. The van der Waals surface area contributed by atoms with Crippen LogP contribution < -0.4 is 4.57 Å². The molecule has 0 unspecified atom stereocenters. The highest BCUT2D eigenvalue weighted by Gasteiger charge is 2.16. The van der Waals surface area contributed by atoms with Crippen LogP contribution in [0.1, 0.15) is 129 Å². The lowest BCUT2D eigenvalue weighted by Crippen LogP contribution is -2.37. The lowest BCUT2D eigenvalue weighted by atomic mass is 10.1. The van der Waals surface area contributed by atoms with Gasteiger partial charge in [-0.15, -0.1) is 0 Å². The predicted octanol–water partition coefficient (Wildman–Crippen LogP) is 7.62. The van der Waals surface area contributed by atoms with Crippen LogP contribution in [0.5, 0.6) is 0 Å². The second-order valence-corrected chi connectivity index (χ2v) is 8.45. The molecule has 2 nitrogen and oxygen atoms in total. The maximum absolute atomic E-state index is 2.58. The number of rotatable bonds is 19. The van der Waals surface area contributed by atoms with Gasteiger partial charge in [-0.3, -0.25) is 0 Å². The van der Waals surface area contributed by atoms with Crippen molar-refractivity contribution in [2.75, 3.05) is 0 Å². The molecule has 0 aliphatic carbocycles. The van der Waals surface area contributed by atoms with Crippen LogP contribution >= 0.6 is 0 Å². The van der Waals surface area contributed by atoms with Crippen LogP contribution in [0.4, 0.5) is 0 Å². The van der Waals surface area contributed by atoms with Crippen molar-refractivity contribution in [3.05, 3.63) is 18.2 Å². The van der Waals surface area contributed by atoms with E-state index in [1.165, 1.54) is 122 Å². The highest BCUT2D eigenvalue weighted by molar-refractivity contribution is 4.84. The molecule has 0 amide bonds. The Balaban J connectivity index is 2.45. The van der Waals surface area contributed by atoms with Crippen molar-refractivity contribution in [3.63, 3.8) is 0 Å². The average Bonchev–Trinajstić information content (AvgIpc) is 3.06. The van der Waals surface area contributed by atoms with E-state index >= 15 is 0 Å². The summed E-state index contributed by atoms with van der Waals surface area (Å²) in [6.45, 7) is 9.34. The Morgan fingerprint density at radius 2 is 1.15 bits per heavy atom. The number of imidazole rings is 1. The van der Waals surface area contributed by atoms with Crippen molar-refractivity contribution in [1.82, 2.24) is 4.57 Å². The van der Waals surface area contributed by atoms with Gasteiger partial charge in [0.2, 0.25) is 0 Å². The van der Waals surface area contributed by atoms with Gasteiger partial charge in [0.1, 0.15) is 12.4 Å². The molecular weight excluding hydrogens is 328 g/mol. The first kappa shape index (κ1) is 24.2. The minimum absolute atomic E-state index is 1.22. The molecule has 1 rings (SSSR count). The van der Waals surface area contributed by atoms with Crippen molar-refractivity contribution < 1.29 is 4.57 Å². The Hall–Kier alpha value is -0.790. The van der Waals surface area contributed by atoms with Crippen LogP contribution in [0.2, 0.25) is 0 Å². The van der Waals surface area contributed by atoms with Crippen LogP contribution in [0.3, 0.4) is 0 Å². The molecule has 0 aliphatic heterocycles. The van der Waals surface area contributed by atoms with E-state index in [-0.39, 0.29) is 0 Å². The first-order chi connectivity index (χ1) is 13.3. The largest absolute Gasteiger partial charge is 0.256 e. The van der Waals surface area contributed by atoms with Gasteiger partial charge in [-0.25, -0.2) is 9.13 Å². The maximum Gasteiger partial charge on any atom is 0.256 e. The molecule has 0 fully saturated rings. The number of aryl methyl sites for hydroxylation is 2. The molecule has 1 heterocycles. The van der Waals surface area contributed by atoms with E-state index in [9.17, 15) is 0 Å². The Labute approximate surface area is 170 Å². The first-order valence-corrected chi connectivity index (χ1v) is 12.4. The summed E-state index contributed by atoms with van der Waals surface area (Å²) in [7, 11) is 0. The Morgan fingerprint density at radius 3 is 1.78 bits per heavy atom. The summed E-state index contributed by atoms with van der Waals surface area (Å²) in [4.78, 5) is 0. The number of aromatic nitrogens is 2. The molecule has 0 saturated carbocycles. The molecule has 27 heavy (non-hydrogen) atoms. The number of unbranched alkanes of at least 4 members (excludes halogenated alkanes) is 13. The molecule has 1 aromatic heterocycles. The molecule has 0 aliphatic rings. The van der Waals surface area contributed by atoms with Crippen LogP contribution in [0, 0.1) is 0 Å². The molecule has 1 aromatic rings. The van der Waals surface area contributed by atoms with Crippen molar-refractivity contribution in [3.8, 4) is 0 Å². The molecule has 158 valence electrons. The van der Waals surface area contributed by atoms with E-state index in [4.69, 9.17) is 0 Å². The molecule has 0 N–H and O–H groups in total. The zero-order chi connectivity index (χ0) is 19.6. The van der Waals surface area contributed by atoms with Gasteiger partial charge in [0.05, 0.1) is 13.1 Å². The first-order valence-electron chi connectivity index (χ1n) is 12.4. The lowest BCUT2D eigenvalue weighted by Gasteiger charge is -2.06. The van der Waals surface area contributed by atoms with Gasteiger partial charge >= 0.3 is 0 Å². The zero-order valence-corrected chi connectivity index (χ0v) is 19.0. The van der Waals surface area contributed by atoms with Gasteiger partial charge in [0.15, 0.2) is 0 Å². The minimum Gasteiger partial charge on any atom is -0.234 e. The molecule has 0 spiro atoms. The second kappa shape index (κ2) is 17.3. The van der Waals surface area contributed by atoms with Gasteiger partial charge in [0, 0.05) is 6.42 Å². The third kappa shape index (κ3) is 11.6. The fourth-order valence-corrected chi connectivity index (χ4v) is 4.03. The molecule has 0 saturated heterocycles. The van der Waals surface area contributed by atoms with E-state index in [0.717, 1.165) is 0 Å². The summed E-state index contributed by atoms with van der Waals surface area (Å²) in [6.07, 6.45) is 28.1. The summed E-state index contributed by atoms with van der Waals surface area (Å²) in [5.74, 6) is 1.59. The molecular formula is C25H49N2+. The van der Waals surface area contributed by atoms with E-state index in [1.807, 2.05) is 0 Å². The van der Waals surface area contributed by atoms with Gasteiger partial charge in [0.25, 0.3) is 5.82 Å². The molecule has 0 aromatic carbocycles. The van der Waals surface area contributed by atoms with E-state index in [0.29, 0.717) is 0 Å². The van der Waals surface area contributed by atoms with Crippen molar-refractivity contribution in [2.45, 2.75) is 143 Å². The number of hydrogen-bond acceptors (Lipinski definition) is 0. The van der Waals surface area contributed by atoms with Crippen molar-refractivity contribution in [2.24, 2.45) is 0 Å². The molecule has 0 bridgehead atoms. The topological polar surface area (TPSA) is 8.81 Å². The predicted molar refractivity (Wildman–Crippen MR) is 119 cm³/mol. The number of nitrogens with zero attached hydrogens (tertiary/aromatic N) is 2. The lowest BCUT2D eigenvalue weighted by molar-refractivity contribution is -0.704. The Morgan fingerprint density at radius 1 is 0.630 bits per heavy atom. The fraction of sp³-hybridized carbons (Fsp3) is 0.880. The van der Waals surface area contributed by atoms with E-state index < -0.39 is 0 Å². The van der Waals surface area contributed by atoms with Crippen LogP contribution in [-0.2, 0) is 19.5 Å².